The molecule has 0 saturated heterocycles. The Morgan fingerprint density at radius 3 is 2.44 bits per heavy atom. The highest BCUT2D eigenvalue weighted by molar-refractivity contribution is 7.13. The topological polar surface area (TPSA) is 223 Å². The van der Waals surface area contributed by atoms with Crippen molar-refractivity contribution in [1.29, 1.82) is 0 Å². The molecular formula is C49H57FN6O9S. The standard InChI is InChI=1S/C49H57FN6O9S/c1-30(2)25-40(55-46(60)44(58)39(51)26-31-7-5-4-6-8-31)45(59)52-19-21-63-22-23-64-41-27-34-16-18-54-49(3,17-15-43(57)56-48-53-20-24-66-48)37(34)29-42(41)65-35-13-14-36(38(50)28-35)32-9-11-33(12-10-32)47(61)62/h4-14,20,24,27-30,39-40,44,54,58H,15-19,21-23,25-26,51H2,1-3H3,(H,52,59)(H,55,60)(H,61,62)(H,53,56,57)/t39-,40+,44+,49+/m0/s1. The van der Waals surface area contributed by atoms with E-state index in [9.17, 15) is 29.4 Å². The lowest BCUT2D eigenvalue weighted by Gasteiger charge is -2.38. The third-order valence-corrected chi connectivity index (χ3v) is 11.9. The molecule has 1 aliphatic heterocycles. The number of carbonyl (C=O) groups is 4. The van der Waals surface area contributed by atoms with Crippen LogP contribution in [0.25, 0.3) is 11.1 Å². The fourth-order valence-corrected chi connectivity index (χ4v) is 8.23. The highest BCUT2D eigenvalue weighted by Crippen LogP contribution is 2.42. The van der Waals surface area contributed by atoms with Gasteiger partial charge in [0.2, 0.25) is 11.8 Å². The van der Waals surface area contributed by atoms with E-state index in [4.69, 9.17) is 19.9 Å². The third-order valence-electron chi connectivity index (χ3n) is 11.2. The van der Waals surface area contributed by atoms with E-state index in [0.29, 0.717) is 48.0 Å². The van der Waals surface area contributed by atoms with Crippen molar-refractivity contribution < 1.29 is 48.0 Å². The summed E-state index contributed by atoms with van der Waals surface area (Å²) in [6, 6.07) is 21.6. The second-order valence-electron chi connectivity index (χ2n) is 16.7. The Hall–Kier alpha value is -6.24. The molecule has 8 N–H and O–H groups in total. The van der Waals surface area contributed by atoms with E-state index < -0.39 is 47.3 Å². The number of aliphatic hydroxyl groups is 1. The Morgan fingerprint density at radius 2 is 1.74 bits per heavy atom. The van der Waals surface area contributed by atoms with Gasteiger partial charge < -0.3 is 51.4 Å². The van der Waals surface area contributed by atoms with Gasteiger partial charge in [-0.3, -0.25) is 14.4 Å². The van der Waals surface area contributed by atoms with Gasteiger partial charge in [-0.25, -0.2) is 14.2 Å². The number of ether oxygens (including phenoxy) is 3. The average molecular weight is 925 g/mol. The summed E-state index contributed by atoms with van der Waals surface area (Å²) in [7, 11) is 0. The molecule has 17 heteroatoms. The largest absolute Gasteiger partial charge is 0.487 e. The molecule has 2 heterocycles. The Morgan fingerprint density at radius 1 is 0.970 bits per heavy atom. The molecule has 15 nitrogen and oxygen atoms in total. The van der Waals surface area contributed by atoms with Crippen molar-refractivity contribution in [3.05, 3.63) is 125 Å². The number of hydrogen-bond acceptors (Lipinski definition) is 12. The molecule has 0 spiro atoms. The van der Waals surface area contributed by atoms with Gasteiger partial charge in [0.25, 0.3) is 5.91 Å². The van der Waals surface area contributed by atoms with Gasteiger partial charge in [0.1, 0.15) is 30.3 Å². The minimum atomic E-state index is -1.51. The molecule has 66 heavy (non-hydrogen) atoms. The minimum Gasteiger partial charge on any atom is -0.487 e. The van der Waals surface area contributed by atoms with E-state index in [1.165, 1.54) is 29.5 Å². The molecule has 350 valence electrons. The van der Waals surface area contributed by atoms with E-state index >= 15 is 4.39 Å². The van der Waals surface area contributed by atoms with Gasteiger partial charge in [0.15, 0.2) is 16.6 Å². The molecule has 0 unspecified atom stereocenters. The Kier molecular flexibility index (Phi) is 17.4. The number of carboxylic acid groups (broad SMARTS) is 1. The summed E-state index contributed by atoms with van der Waals surface area (Å²) in [5, 5.41) is 34.1. The molecule has 4 atom stereocenters. The molecule has 6 rings (SSSR count). The summed E-state index contributed by atoms with van der Waals surface area (Å²) >= 11 is 1.34. The van der Waals surface area contributed by atoms with E-state index in [0.717, 1.165) is 16.7 Å². The summed E-state index contributed by atoms with van der Waals surface area (Å²) < 4.78 is 34.0. The number of anilines is 1. The molecule has 0 radical (unpaired) electrons. The van der Waals surface area contributed by atoms with Crippen molar-refractivity contribution in [3.63, 3.8) is 0 Å². The van der Waals surface area contributed by atoms with Crippen molar-refractivity contribution in [2.45, 2.75) is 76.6 Å². The van der Waals surface area contributed by atoms with Crippen LogP contribution in [0.15, 0.2) is 96.5 Å². The maximum absolute atomic E-state index is 15.6. The van der Waals surface area contributed by atoms with Crippen LogP contribution in [0.4, 0.5) is 9.52 Å². The lowest BCUT2D eigenvalue weighted by atomic mass is 9.80. The van der Waals surface area contributed by atoms with Gasteiger partial charge in [-0.15, -0.1) is 11.3 Å². The van der Waals surface area contributed by atoms with E-state index in [1.54, 1.807) is 35.8 Å². The second kappa shape index (κ2) is 23.3. The van der Waals surface area contributed by atoms with Crippen LogP contribution in [0.3, 0.4) is 0 Å². The lowest BCUT2D eigenvalue weighted by molar-refractivity contribution is -0.135. The number of nitrogens with two attached hydrogens (primary N) is 1. The number of thiazole rings is 1. The SMILES string of the molecule is CC(C)C[C@@H](NC(=O)[C@H](O)[C@@H](N)Cc1ccccc1)C(=O)NCCOCCOc1cc2c(cc1Oc1ccc(-c3ccc(C(=O)O)cc3)c(F)c1)[C@@](C)(CCC(=O)Nc1nccs1)NCC2. The maximum atomic E-state index is 15.6. The first kappa shape index (κ1) is 49.2. The number of benzene rings is 4. The molecule has 5 aromatic rings. The van der Waals surface area contributed by atoms with Crippen LogP contribution in [0.5, 0.6) is 17.2 Å². The molecule has 4 aromatic carbocycles. The lowest BCUT2D eigenvalue weighted by Crippen LogP contribution is -2.54. The first-order chi connectivity index (χ1) is 31.7. The number of nitrogens with zero attached hydrogens (tertiary/aromatic N) is 1. The number of aromatic carboxylic acids is 1. The third kappa shape index (κ3) is 13.6. The second-order valence-corrected chi connectivity index (χ2v) is 17.6. The number of aromatic nitrogens is 1. The summed E-state index contributed by atoms with van der Waals surface area (Å²) in [5.41, 5.74) is 9.14. The zero-order valence-electron chi connectivity index (χ0n) is 37.2. The number of fused-ring (bicyclic) bond motifs is 1. The van der Waals surface area contributed by atoms with Crippen LogP contribution in [-0.4, -0.2) is 90.0 Å². The maximum Gasteiger partial charge on any atom is 0.335 e. The van der Waals surface area contributed by atoms with Crippen LogP contribution in [-0.2, 0) is 37.5 Å². The number of hydrogen-bond donors (Lipinski definition) is 7. The Labute approximate surface area is 387 Å². The number of rotatable bonds is 23. The molecule has 1 aromatic heterocycles. The molecular weight excluding hydrogens is 868 g/mol. The molecule has 1 aliphatic rings. The Balaban J connectivity index is 1.08. The van der Waals surface area contributed by atoms with Gasteiger partial charge in [0, 0.05) is 54.3 Å². The smallest absolute Gasteiger partial charge is 0.335 e. The van der Waals surface area contributed by atoms with Gasteiger partial charge in [-0.05, 0) is 97.2 Å². The quantitative estimate of drug-likeness (QED) is 0.0365. The van der Waals surface area contributed by atoms with Gasteiger partial charge in [0.05, 0.1) is 18.8 Å². The van der Waals surface area contributed by atoms with E-state index in [2.05, 4.69) is 26.3 Å². The van der Waals surface area contributed by atoms with Crippen LogP contribution in [0.1, 0.15) is 67.1 Å². The number of amides is 3. The summed E-state index contributed by atoms with van der Waals surface area (Å²) in [6.45, 7) is 7.04. The Bertz CT molecular complexity index is 2420. The van der Waals surface area contributed by atoms with Crippen molar-refractivity contribution in [1.82, 2.24) is 20.9 Å². The molecule has 3 amide bonds. The van der Waals surface area contributed by atoms with Crippen LogP contribution in [0.2, 0.25) is 0 Å². The summed E-state index contributed by atoms with van der Waals surface area (Å²) in [4.78, 5) is 54.5. The number of halogens is 1. The number of nitrogens with one attached hydrogen (secondary N) is 4. The highest BCUT2D eigenvalue weighted by atomic mass is 32.1. The summed E-state index contributed by atoms with van der Waals surface area (Å²) in [5.74, 6) is -2.00. The van der Waals surface area contributed by atoms with E-state index in [1.807, 2.05) is 63.2 Å². The van der Waals surface area contributed by atoms with E-state index in [-0.39, 0.29) is 67.9 Å². The zero-order chi connectivity index (χ0) is 47.2. The first-order valence-corrected chi connectivity index (χ1v) is 22.8. The van der Waals surface area contributed by atoms with Crippen LogP contribution in [0, 0.1) is 11.7 Å². The molecule has 0 fully saturated rings. The number of carbonyl (C=O) groups excluding carboxylic acids is 3. The summed E-state index contributed by atoms with van der Waals surface area (Å²) in [6.07, 6.45) is 2.09. The highest BCUT2D eigenvalue weighted by Gasteiger charge is 2.34. The molecule has 0 aliphatic carbocycles. The number of carboxylic acids is 1. The van der Waals surface area contributed by atoms with Gasteiger partial charge >= 0.3 is 5.97 Å². The van der Waals surface area contributed by atoms with Crippen LogP contribution >= 0.6 is 11.3 Å². The van der Waals surface area contributed by atoms with Crippen molar-refractivity contribution >= 4 is 40.2 Å². The monoisotopic (exact) mass is 924 g/mol. The predicted molar refractivity (Wildman–Crippen MR) is 249 cm³/mol. The molecule has 0 bridgehead atoms. The number of aliphatic hydroxyl groups excluding tert-OH is 1. The predicted octanol–water partition coefficient (Wildman–Crippen LogP) is 6.19. The van der Waals surface area contributed by atoms with Crippen molar-refractivity contribution in [3.8, 4) is 28.4 Å². The fourth-order valence-electron chi connectivity index (χ4n) is 7.68. The minimum absolute atomic E-state index is 0.0660. The van der Waals surface area contributed by atoms with Crippen LogP contribution < -0.4 is 36.5 Å². The fraction of sp³-hybridized carbons (Fsp3) is 0.367. The average Bonchev–Trinajstić information content (AvgIpc) is 3.81. The first-order valence-electron chi connectivity index (χ1n) is 21.9. The van der Waals surface area contributed by atoms with Gasteiger partial charge in [-0.2, -0.15) is 0 Å². The molecule has 0 saturated carbocycles. The zero-order valence-corrected chi connectivity index (χ0v) is 38.0. The van der Waals surface area contributed by atoms with Crippen molar-refractivity contribution in [2.24, 2.45) is 11.7 Å². The normalized spacial score (nSPS) is 15.8. The van der Waals surface area contributed by atoms with Crippen molar-refractivity contribution in [2.75, 3.05) is 38.2 Å². The van der Waals surface area contributed by atoms with Gasteiger partial charge in [-0.1, -0.05) is 56.3 Å².